The molecule has 1 aromatic carbocycles. The lowest BCUT2D eigenvalue weighted by atomic mass is 9.98. The van der Waals surface area contributed by atoms with Crippen LogP contribution in [0.1, 0.15) is 18.4 Å². The lowest BCUT2D eigenvalue weighted by Gasteiger charge is -2.11. The second kappa shape index (κ2) is 3.22. The minimum atomic E-state index is 0.286. The largest absolute Gasteiger partial charge is 0.497 e. The molecule has 1 saturated carbocycles. The summed E-state index contributed by atoms with van der Waals surface area (Å²) in [4.78, 5) is 0. The number of ether oxygens (including phenoxy) is 1. The topological polar surface area (TPSA) is 9.23 Å². The first-order valence-electron chi connectivity index (χ1n) is 4.51. The van der Waals surface area contributed by atoms with Gasteiger partial charge in [0, 0.05) is 11.3 Å². The molecule has 2 heteroatoms. The fraction of sp³-hybridized carbons (Fsp3) is 0.455. The van der Waals surface area contributed by atoms with Gasteiger partial charge in [-0.25, -0.2) is 0 Å². The number of rotatable bonds is 3. The zero-order valence-electron chi connectivity index (χ0n) is 7.72. The Morgan fingerprint density at radius 2 is 1.92 bits per heavy atom. The van der Waals surface area contributed by atoms with Crippen LogP contribution >= 0.6 is 11.6 Å². The van der Waals surface area contributed by atoms with Crippen LogP contribution < -0.4 is 4.74 Å². The van der Waals surface area contributed by atoms with Gasteiger partial charge in [0.25, 0.3) is 0 Å². The first kappa shape index (κ1) is 8.89. The van der Waals surface area contributed by atoms with Crippen LogP contribution in [0.3, 0.4) is 0 Å². The summed E-state index contributed by atoms with van der Waals surface area (Å²) in [6, 6.07) is 8.24. The van der Waals surface area contributed by atoms with E-state index in [4.69, 9.17) is 16.3 Å². The smallest absolute Gasteiger partial charge is 0.118 e. The predicted octanol–water partition coefficient (Wildman–Crippen LogP) is 2.97. The molecule has 1 fully saturated rings. The van der Waals surface area contributed by atoms with E-state index in [1.54, 1.807) is 7.11 Å². The third kappa shape index (κ3) is 1.53. The molecule has 2 rings (SSSR count). The highest BCUT2D eigenvalue weighted by Crippen LogP contribution is 2.49. The van der Waals surface area contributed by atoms with Crippen LogP contribution in [0, 0.1) is 0 Å². The van der Waals surface area contributed by atoms with Crippen molar-refractivity contribution in [2.75, 3.05) is 13.0 Å². The highest BCUT2D eigenvalue weighted by Gasteiger charge is 2.43. The summed E-state index contributed by atoms with van der Waals surface area (Å²) in [5.74, 6) is 1.65. The molecule has 0 radical (unpaired) electrons. The highest BCUT2D eigenvalue weighted by molar-refractivity contribution is 6.19. The van der Waals surface area contributed by atoms with Crippen molar-refractivity contribution in [2.24, 2.45) is 0 Å². The van der Waals surface area contributed by atoms with E-state index in [1.165, 1.54) is 18.4 Å². The quantitative estimate of drug-likeness (QED) is 0.676. The van der Waals surface area contributed by atoms with Crippen molar-refractivity contribution in [3.63, 3.8) is 0 Å². The van der Waals surface area contributed by atoms with Crippen LogP contribution in [-0.4, -0.2) is 13.0 Å². The third-order valence-electron chi connectivity index (χ3n) is 2.81. The summed E-state index contributed by atoms with van der Waals surface area (Å²) in [7, 11) is 1.68. The van der Waals surface area contributed by atoms with Crippen molar-refractivity contribution in [2.45, 2.75) is 18.3 Å². The Kier molecular flexibility index (Phi) is 2.20. The fourth-order valence-electron chi connectivity index (χ4n) is 1.59. The van der Waals surface area contributed by atoms with Crippen molar-refractivity contribution >= 4 is 11.6 Å². The van der Waals surface area contributed by atoms with Crippen LogP contribution in [0.25, 0.3) is 0 Å². The van der Waals surface area contributed by atoms with Crippen molar-refractivity contribution < 1.29 is 4.74 Å². The second-order valence-electron chi connectivity index (χ2n) is 3.64. The summed E-state index contributed by atoms with van der Waals surface area (Å²) in [6.07, 6.45) is 2.45. The maximum atomic E-state index is 5.93. The van der Waals surface area contributed by atoms with Gasteiger partial charge in [0.2, 0.25) is 0 Å². The Morgan fingerprint density at radius 3 is 2.31 bits per heavy atom. The van der Waals surface area contributed by atoms with E-state index in [0.29, 0.717) is 0 Å². The van der Waals surface area contributed by atoms with Crippen molar-refractivity contribution in [1.82, 2.24) is 0 Å². The second-order valence-corrected chi connectivity index (χ2v) is 3.91. The molecule has 70 valence electrons. The normalized spacial score (nSPS) is 18.3. The molecular formula is C11H13ClO. The van der Waals surface area contributed by atoms with Crippen LogP contribution in [0.5, 0.6) is 5.75 Å². The molecule has 1 aliphatic carbocycles. The molecule has 1 aliphatic rings. The Balaban J connectivity index is 2.23. The molecule has 13 heavy (non-hydrogen) atoms. The Labute approximate surface area is 83.7 Å². The first-order valence-corrected chi connectivity index (χ1v) is 5.05. The van der Waals surface area contributed by atoms with Gasteiger partial charge in [-0.05, 0) is 30.5 Å². The Hall–Kier alpha value is -0.690. The molecule has 0 aromatic heterocycles. The number of benzene rings is 1. The minimum absolute atomic E-state index is 0.286. The Morgan fingerprint density at radius 1 is 1.31 bits per heavy atom. The van der Waals surface area contributed by atoms with Gasteiger partial charge >= 0.3 is 0 Å². The van der Waals surface area contributed by atoms with Crippen LogP contribution in [0.4, 0.5) is 0 Å². The van der Waals surface area contributed by atoms with Crippen LogP contribution in [-0.2, 0) is 5.41 Å². The molecule has 0 unspecified atom stereocenters. The van der Waals surface area contributed by atoms with Gasteiger partial charge in [-0.15, -0.1) is 11.6 Å². The average molecular weight is 197 g/mol. The van der Waals surface area contributed by atoms with Gasteiger partial charge in [0.15, 0.2) is 0 Å². The van der Waals surface area contributed by atoms with Crippen LogP contribution in [0.2, 0.25) is 0 Å². The zero-order valence-corrected chi connectivity index (χ0v) is 8.47. The lowest BCUT2D eigenvalue weighted by molar-refractivity contribution is 0.414. The third-order valence-corrected chi connectivity index (χ3v) is 3.32. The molecule has 0 saturated heterocycles. The number of hydrogen-bond donors (Lipinski definition) is 0. The standard InChI is InChI=1S/C11H13ClO/c1-13-10-4-2-9(3-5-10)11(8-12)6-7-11/h2-5H,6-8H2,1H3. The number of alkyl halides is 1. The molecule has 0 spiro atoms. The Bertz CT molecular complexity index is 287. The fourth-order valence-corrected chi connectivity index (χ4v) is 2.02. The van der Waals surface area contributed by atoms with E-state index >= 15 is 0 Å². The summed E-state index contributed by atoms with van der Waals surface area (Å²) in [5, 5.41) is 0. The zero-order chi connectivity index (χ0) is 9.31. The molecule has 0 aliphatic heterocycles. The van der Waals surface area contributed by atoms with E-state index in [2.05, 4.69) is 12.1 Å². The van der Waals surface area contributed by atoms with Gasteiger partial charge in [0.05, 0.1) is 7.11 Å². The summed E-state index contributed by atoms with van der Waals surface area (Å²) >= 11 is 5.93. The molecule has 0 amide bonds. The van der Waals surface area contributed by atoms with Gasteiger partial charge in [-0.3, -0.25) is 0 Å². The monoisotopic (exact) mass is 196 g/mol. The van der Waals surface area contributed by atoms with Gasteiger partial charge < -0.3 is 4.74 Å². The average Bonchev–Trinajstić information content (AvgIpc) is 2.99. The van der Waals surface area contributed by atoms with Crippen molar-refractivity contribution in [3.8, 4) is 5.75 Å². The van der Waals surface area contributed by atoms with E-state index < -0.39 is 0 Å². The van der Waals surface area contributed by atoms with E-state index in [0.717, 1.165) is 11.6 Å². The van der Waals surface area contributed by atoms with Crippen molar-refractivity contribution in [1.29, 1.82) is 0 Å². The van der Waals surface area contributed by atoms with E-state index in [9.17, 15) is 0 Å². The van der Waals surface area contributed by atoms with Gasteiger partial charge in [-0.1, -0.05) is 12.1 Å². The molecular weight excluding hydrogens is 184 g/mol. The molecule has 1 aromatic rings. The number of halogens is 1. The number of hydrogen-bond acceptors (Lipinski definition) is 1. The van der Waals surface area contributed by atoms with Crippen molar-refractivity contribution in [3.05, 3.63) is 29.8 Å². The maximum absolute atomic E-state index is 5.93. The predicted molar refractivity (Wildman–Crippen MR) is 54.6 cm³/mol. The van der Waals surface area contributed by atoms with Crippen LogP contribution in [0.15, 0.2) is 24.3 Å². The molecule has 0 bridgehead atoms. The lowest BCUT2D eigenvalue weighted by Crippen LogP contribution is -2.07. The first-order chi connectivity index (χ1) is 6.30. The molecule has 1 nitrogen and oxygen atoms in total. The minimum Gasteiger partial charge on any atom is -0.497 e. The molecule has 0 atom stereocenters. The van der Waals surface area contributed by atoms with E-state index in [1.807, 2.05) is 12.1 Å². The van der Waals surface area contributed by atoms with Gasteiger partial charge in [-0.2, -0.15) is 0 Å². The highest BCUT2D eigenvalue weighted by atomic mass is 35.5. The summed E-state index contributed by atoms with van der Waals surface area (Å²) in [6.45, 7) is 0. The maximum Gasteiger partial charge on any atom is 0.118 e. The summed E-state index contributed by atoms with van der Waals surface area (Å²) < 4.78 is 5.10. The molecule has 0 heterocycles. The SMILES string of the molecule is COc1ccc(C2(CCl)CC2)cc1. The van der Waals surface area contributed by atoms with E-state index in [-0.39, 0.29) is 5.41 Å². The number of methoxy groups -OCH3 is 1. The van der Waals surface area contributed by atoms with Gasteiger partial charge in [0.1, 0.15) is 5.75 Å². The summed E-state index contributed by atoms with van der Waals surface area (Å²) in [5.41, 5.74) is 1.64. The molecule has 0 N–H and O–H groups in total.